The molecule has 0 aromatic carbocycles. The Balaban J connectivity index is 4.87. The lowest BCUT2D eigenvalue weighted by atomic mass is 9.89. The van der Waals surface area contributed by atoms with E-state index >= 15 is 0 Å². The third-order valence-corrected chi connectivity index (χ3v) is 1.96. The van der Waals surface area contributed by atoms with E-state index in [4.69, 9.17) is 9.84 Å². The van der Waals surface area contributed by atoms with Gasteiger partial charge in [-0.05, 0) is 19.3 Å². The summed E-state index contributed by atoms with van der Waals surface area (Å²) < 4.78 is 4.82. The van der Waals surface area contributed by atoms with Crippen LogP contribution in [0.15, 0.2) is 0 Å². The van der Waals surface area contributed by atoms with Crippen molar-refractivity contribution in [2.24, 2.45) is 5.92 Å². The molecule has 0 spiro atoms. The van der Waals surface area contributed by atoms with Crippen molar-refractivity contribution in [3.05, 3.63) is 0 Å². The van der Waals surface area contributed by atoms with Crippen LogP contribution in [0, 0.1) is 5.92 Å². The summed E-state index contributed by atoms with van der Waals surface area (Å²) in [6, 6.07) is 0. The molecule has 4 heteroatoms. The maximum absolute atomic E-state index is 11.2. The molecule has 0 fully saturated rings. The fourth-order valence-electron chi connectivity index (χ4n) is 1.27. The van der Waals surface area contributed by atoms with Crippen molar-refractivity contribution in [3.8, 4) is 0 Å². The van der Waals surface area contributed by atoms with Crippen molar-refractivity contribution in [2.75, 3.05) is 7.11 Å². The van der Waals surface area contributed by atoms with Gasteiger partial charge in [0.05, 0.1) is 0 Å². The molecule has 0 aliphatic carbocycles. The fraction of sp³-hybridized carbons (Fsp3) is 0.778. The van der Waals surface area contributed by atoms with E-state index in [0.717, 1.165) is 0 Å². The number of carbonyl (C=O) groups is 2. The summed E-state index contributed by atoms with van der Waals surface area (Å²) in [5.41, 5.74) is -1.66. The zero-order valence-electron chi connectivity index (χ0n) is 8.46. The number of carbonyl (C=O) groups excluding carboxylic acids is 1. The van der Waals surface area contributed by atoms with Crippen LogP contribution in [0.1, 0.15) is 27.2 Å². The molecule has 13 heavy (non-hydrogen) atoms. The molecule has 0 radical (unpaired) electrons. The molecule has 0 aromatic rings. The average Bonchev–Trinajstić information content (AvgIpc) is 1.98. The normalized spacial score (nSPS) is 15.5. The number of aliphatic carboxylic acids is 1. The monoisotopic (exact) mass is 188 g/mol. The number of carboxylic acids is 1. The minimum Gasteiger partial charge on any atom is -0.479 e. The Bertz CT molecular complexity index is 194. The van der Waals surface area contributed by atoms with Crippen molar-refractivity contribution in [2.45, 2.75) is 32.8 Å². The first-order valence-corrected chi connectivity index (χ1v) is 4.16. The predicted octanol–water partition coefficient (Wildman–Crippen LogP) is 1.09. The van der Waals surface area contributed by atoms with Gasteiger partial charge in [0.2, 0.25) is 5.60 Å². The van der Waals surface area contributed by atoms with Gasteiger partial charge < -0.3 is 9.84 Å². The second kappa shape index (κ2) is 4.37. The molecule has 0 aliphatic heterocycles. The van der Waals surface area contributed by atoms with Gasteiger partial charge in [-0.3, -0.25) is 4.79 Å². The summed E-state index contributed by atoms with van der Waals surface area (Å²) in [5.74, 6) is -1.58. The van der Waals surface area contributed by atoms with Gasteiger partial charge in [-0.2, -0.15) is 0 Å². The van der Waals surface area contributed by atoms with Crippen molar-refractivity contribution >= 4 is 11.8 Å². The largest absolute Gasteiger partial charge is 0.479 e. The lowest BCUT2D eigenvalue weighted by Gasteiger charge is -2.26. The first-order chi connectivity index (χ1) is 5.86. The molecule has 0 heterocycles. The molecule has 1 atom stereocenters. The fourth-order valence-corrected chi connectivity index (χ4v) is 1.27. The molecule has 4 nitrogen and oxygen atoms in total. The number of Topliss-reactive ketones (excluding diaryl/α,β-unsaturated/α-hetero) is 1. The maximum atomic E-state index is 11.2. The smallest absolute Gasteiger partial charge is 0.343 e. The standard InChI is InChI=1S/C9H16O4/c1-6(2)5-9(13-4,7(3)10)8(11)12/h6H,5H2,1-4H3,(H,11,12). The molecule has 76 valence electrons. The van der Waals surface area contributed by atoms with Crippen molar-refractivity contribution in [1.82, 2.24) is 0 Å². The summed E-state index contributed by atoms with van der Waals surface area (Å²) in [6.07, 6.45) is 0.203. The van der Waals surface area contributed by atoms with Crippen LogP contribution >= 0.6 is 0 Å². The van der Waals surface area contributed by atoms with Gasteiger partial charge in [-0.15, -0.1) is 0 Å². The minimum absolute atomic E-state index is 0.0972. The molecular weight excluding hydrogens is 172 g/mol. The summed E-state index contributed by atoms with van der Waals surface area (Å²) >= 11 is 0. The van der Waals surface area contributed by atoms with E-state index in [-0.39, 0.29) is 12.3 Å². The van der Waals surface area contributed by atoms with E-state index < -0.39 is 17.4 Å². The first kappa shape index (κ1) is 12.1. The molecule has 0 aliphatic rings. The third kappa shape index (κ3) is 2.52. The van der Waals surface area contributed by atoms with Crippen molar-refractivity contribution < 1.29 is 19.4 Å². The van der Waals surface area contributed by atoms with Crippen molar-refractivity contribution in [3.63, 3.8) is 0 Å². The van der Waals surface area contributed by atoms with Gasteiger partial charge in [0.1, 0.15) is 0 Å². The summed E-state index contributed by atoms with van der Waals surface area (Å²) in [6.45, 7) is 4.93. The van der Waals surface area contributed by atoms with Crippen LogP contribution in [-0.4, -0.2) is 29.6 Å². The second-order valence-corrected chi connectivity index (χ2v) is 3.49. The van der Waals surface area contributed by atoms with E-state index in [1.165, 1.54) is 14.0 Å². The van der Waals surface area contributed by atoms with Crippen LogP contribution in [0.4, 0.5) is 0 Å². The van der Waals surface area contributed by atoms with Crippen LogP contribution in [0.2, 0.25) is 0 Å². The molecule has 1 unspecified atom stereocenters. The van der Waals surface area contributed by atoms with Gasteiger partial charge in [-0.1, -0.05) is 13.8 Å². The highest BCUT2D eigenvalue weighted by atomic mass is 16.5. The zero-order valence-corrected chi connectivity index (χ0v) is 8.46. The second-order valence-electron chi connectivity index (χ2n) is 3.49. The maximum Gasteiger partial charge on any atom is 0.343 e. The van der Waals surface area contributed by atoms with Crippen LogP contribution in [-0.2, 0) is 14.3 Å². The van der Waals surface area contributed by atoms with E-state index in [1.54, 1.807) is 0 Å². The number of ketones is 1. The number of ether oxygens (including phenoxy) is 1. The van der Waals surface area contributed by atoms with Gasteiger partial charge in [0.15, 0.2) is 5.78 Å². The highest BCUT2D eigenvalue weighted by molar-refractivity contribution is 6.05. The highest BCUT2D eigenvalue weighted by Gasteiger charge is 2.44. The Morgan fingerprint density at radius 3 is 2.00 bits per heavy atom. The van der Waals surface area contributed by atoms with Crippen LogP contribution in [0.3, 0.4) is 0 Å². The first-order valence-electron chi connectivity index (χ1n) is 4.16. The Morgan fingerprint density at radius 1 is 1.46 bits per heavy atom. The Hall–Kier alpha value is -0.900. The SMILES string of the molecule is COC(CC(C)C)(C(C)=O)C(=O)O. The van der Waals surface area contributed by atoms with Gasteiger partial charge in [-0.25, -0.2) is 4.79 Å². The minimum atomic E-state index is -1.66. The Labute approximate surface area is 77.9 Å². The topological polar surface area (TPSA) is 63.6 Å². The highest BCUT2D eigenvalue weighted by Crippen LogP contribution is 2.22. The molecule has 1 N–H and O–H groups in total. The van der Waals surface area contributed by atoms with Crippen LogP contribution in [0.25, 0.3) is 0 Å². The molecule has 0 bridgehead atoms. The quantitative estimate of drug-likeness (QED) is 0.656. The molecule has 0 saturated heterocycles. The number of hydrogen-bond donors (Lipinski definition) is 1. The molecule has 0 amide bonds. The number of rotatable bonds is 5. The molecule has 0 rings (SSSR count). The summed E-state index contributed by atoms with van der Waals surface area (Å²) in [7, 11) is 1.25. The van der Waals surface area contributed by atoms with Gasteiger partial charge >= 0.3 is 5.97 Å². The lowest BCUT2D eigenvalue weighted by Crippen LogP contribution is -2.48. The van der Waals surface area contributed by atoms with Gasteiger partial charge in [0.25, 0.3) is 0 Å². The lowest BCUT2D eigenvalue weighted by molar-refractivity contribution is -0.170. The van der Waals surface area contributed by atoms with Crippen LogP contribution in [0.5, 0.6) is 0 Å². The van der Waals surface area contributed by atoms with E-state index in [9.17, 15) is 9.59 Å². The predicted molar refractivity (Wildman–Crippen MR) is 47.5 cm³/mol. The Morgan fingerprint density at radius 2 is 1.92 bits per heavy atom. The number of hydrogen-bond acceptors (Lipinski definition) is 3. The molecule has 0 saturated carbocycles. The molecular formula is C9H16O4. The Kier molecular flexibility index (Phi) is 4.07. The number of carboxylic acid groups (broad SMARTS) is 1. The third-order valence-electron chi connectivity index (χ3n) is 1.96. The van der Waals surface area contributed by atoms with E-state index in [0.29, 0.717) is 0 Å². The molecule has 0 aromatic heterocycles. The summed E-state index contributed by atoms with van der Waals surface area (Å²) in [5, 5.41) is 8.90. The average molecular weight is 188 g/mol. The van der Waals surface area contributed by atoms with E-state index in [1.807, 2.05) is 13.8 Å². The number of methoxy groups -OCH3 is 1. The summed E-state index contributed by atoms with van der Waals surface area (Å²) in [4.78, 5) is 22.1. The van der Waals surface area contributed by atoms with Crippen LogP contribution < -0.4 is 0 Å². The van der Waals surface area contributed by atoms with Gasteiger partial charge in [0, 0.05) is 7.11 Å². The van der Waals surface area contributed by atoms with Crippen molar-refractivity contribution in [1.29, 1.82) is 0 Å². The van der Waals surface area contributed by atoms with E-state index in [2.05, 4.69) is 0 Å². The zero-order chi connectivity index (χ0) is 10.6.